The van der Waals surface area contributed by atoms with Crippen LogP contribution in [0.5, 0.6) is 5.75 Å². The van der Waals surface area contributed by atoms with Crippen molar-refractivity contribution in [1.82, 2.24) is 15.5 Å². The number of benzene rings is 2. The molecule has 1 heterocycles. The second kappa shape index (κ2) is 8.93. The summed E-state index contributed by atoms with van der Waals surface area (Å²) in [5, 5.41) is 17.1. The minimum Gasteiger partial charge on any atom is -0.490 e. The SMILES string of the molecule is CC(=O)[C@@H](C)N[C@@H]1CCc2c(-c3noc(-c4ccc(OC(C)C)c(C#N)c4)n3)cccc21. The molecule has 1 N–H and O–H groups in total. The van der Waals surface area contributed by atoms with Gasteiger partial charge in [0.25, 0.3) is 5.89 Å². The zero-order valence-corrected chi connectivity index (χ0v) is 18.7. The molecule has 1 aromatic heterocycles. The number of ketones is 1. The van der Waals surface area contributed by atoms with E-state index in [1.165, 1.54) is 11.1 Å². The van der Waals surface area contributed by atoms with Crippen molar-refractivity contribution in [3.05, 3.63) is 53.1 Å². The predicted molar refractivity (Wildman–Crippen MR) is 120 cm³/mol. The summed E-state index contributed by atoms with van der Waals surface area (Å²) in [7, 11) is 0. The molecular weight excluding hydrogens is 404 g/mol. The molecule has 0 saturated carbocycles. The minimum atomic E-state index is -0.191. The summed E-state index contributed by atoms with van der Waals surface area (Å²) < 4.78 is 11.2. The molecule has 3 aromatic rings. The molecule has 7 heteroatoms. The first-order valence-corrected chi connectivity index (χ1v) is 10.8. The third-order valence-electron chi connectivity index (χ3n) is 5.71. The van der Waals surface area contributed by atoms with Crippen molar-refractivity contribution < 1.29 is 14.1 Å². The quantitative estimate of drug-likeness (QED) is 0.584. The molecule has 0 unspecified atom stereocenters. The molecule has 2 atom stereocenters. The fourth-order valence-electron chi connectivity index (χ4n) is 4.01. The normalized spacial score (nSPS) is 15.9. The van der Waals surface area contributed by atoms with Gasteiger partial charge in [0.1, 0.15) is 17.6 Å². The lowest BCUT2D eigenvalue weighted by Crippen LogP contribution is -2.34. The number of carbonyl (C=O) groups excluding carboxylic acids is 1. The van der Waals surface area contributed by atoms with Crippen LogP contribution >= 0.6 is 0 Å². The van der Waals surface area contributed by atoms with Crippen LogP contribution in [-0.4, -0.2) is 28.1 Å². The first-order valence-electron chi connectivity index (χ1n) is 10.8. The number of fused-ring (bicyclic) bond motifs is 1. The van der Waals surface area contributed by atoms with E-state index in [4.69, 9.17) is 9.26 Å². The lowest BCUT2D eigenvalue weighted by atomic mass is 10.0. The van der Waals surface area contributed by atoms with Gasteiger partial charge in [-0.05, 0) is 69.9 Å². The van der Waals surface area contributed by atoms with Crippen LogP contribution in [-0.2, 0) is 11.2 Å². The highest BCUT2D eigenvalue weighted by atomic mass is 16.5. The Kier molecular flexibility index (Phi) is 6.06. The number of nitrogens with zero attached hydrogens (tertiary/aromatic N) is 3. The molecule has 0 bridgehead atoms. The van der Waals surface area contributed by atoms with Crippen LogP contribution in [0.3, 0.4) is 0 Å². The first-order chi connectivity index (χ1) is 15.4. The summed E-state index contributed by atoms with van der Waals surface area (Å²) in [6, 6.07) is 13.4. The van der Waals surface area contributed by atoms with E-state index < -0.39 is 0 Å². The van der Waals surface area contributed by atoms with Crippen LogP contribution in [0.4, 0.5) is 0 Å². The molecule has 0 radical (unpaired) electrons. The molecule has 0 fully saturated rings. The van der Waals surface area contributed by atoms with Gasteiger partial charge in [0, 0.05) is 17.2 Å². The number of aromatic nitrogens is 2. The van der Waals surface area contributed by atoms with Crippen molar-refractivity contribution in [3.8, 4) is 34.7 Å². The van der Waals surface area contributed by atoms with Gasteiger partial charge in [-0.3, -0.25) is 4.79 Å². The average molecular weight is 431 g/mol. The molecule has 2 aromatic carbocycles. The molecule has 164 valence electrons. The van der Waals surface area contributed by atoms with E-state index in [0.717, 1.165) is 18.4 Å². The van der Waals surface area contributed by atoms with Crippen LogP contribution in [0.15, 0.2) is 40.9 Å². The van der Waals surface area contributed by atoms with E-state index in [9.17, 15) is 10.1 Å². The Morgan fingerprint density at radius 1 is 1.28 bits per heavy atom. The maximum Gasteiger partial charge on any atom is 0.258 e. The topological polar surface area (TPSA) is 101 Å². The Hall–Kier alpha value is -3.50. The summed E-state index contributed by atoms with van der Waals surface area (Å²) in [4.78, 5) is 16.3. The highest BCUT2D eigenvalue weighted by molar-refractivity contribution is 5.81. The minimum absolute atomic E-state index is 0.0279. The second-order valence-corrected chi connectivity index (χ2v) is 8.38. The average Bonchev–Trinajstić information content (AvgIpc) is 3.41. The van der Waals surface area contributed by atoms with Gasteiger partial charge in [-0.2, -0.15) is 10.2 Å². The van der Waals surface area contributed by atoms with Crippen molar-refractivity contribution in [2.45, 2.75) is 58.7 Å². The zero-order chi connectivity index (χ0) is 22.8. The van der Waals surface area contributed by atoms with Crippen LogP contribution in [0.2, 0.25) is 0 Å². The Morgan fingerprint density at radius 3 is 2.81 bits per heavy atom. The van der Waals surface area contributed by atoms with E-state index in [2.05, 4.69) is 27.6 Å². The standard InChI is InChI=1S/C25H26N4O3/c1-14(2)31-23-11-8-17(12-18(23)13-26)25-28-24(29-32-25)21-7-5-6-20-19(21)9-10-22(20)27-15(3)16(4)30/h5-8,11-12,14-15,22,27H,9-10H2,1-4H3/t15-,22-/m1/s1. The lowest BCUT2D eigenvalue weighted by molar-refractivity contribution is -0.118. The fraction of sp³-hybridized carbons (Fsp3) is 0.360. The molecule has 7 nitrogen and oxygen atoms in total. The first kappa shape index (κ1) is 21.7. The smallest absolute Gasteiger partial charge is 0.258 e. The van der Waals surface area contributed by atoms with E-state index in [0.29, 0.717) is 28.6 Å². The molecule has 4 rings (SSSR count). The van der Waals surface area contributed by atoms with Crippen molar-refractivity contribution in [3.63, 3.8) is 0 Å². The van der Waals surface area contributed by atoms with Crippen molar-refractivity contribution in [2.24, 2.45) is 0 Å². The molecule has 32 heavy (non-hydrogen) atoms. The number of ether oxygens (including phenoxy) is 1. The van der Waals surface area contributed by atoms with Crippen molar-refractivity contribution in [2.75, 3.05) is 0 Å². The largest absolute Gasteiger partial charge is 0.490 e. The molecule has 0 saturated heterocycles. The van der Waals surface area contributed by atoms with Gasteiger partial charge >= 0.3 is 0 Å². The summed E-state index contributed by atoms with van der Waals surface area (Å²) in [6.45, 7) is 7.32. The molecule has 1 aliphatic carbocycles. The third kappa shape index (κ3) is 4.27. The summed E-state index contributed by atoms with van der Waals surface area (Å²) in [5.74, 6) is 1.52. The third-order valence-corrected chi connectivity index (χ3v) is 5.71. The van der Waals surface area contributed by atoms with Crippen molar-refractivity contribution in [1.29, 1.82) is 5.26 Å². The highest BCUT2D eigenvalue weighted by Crippen LogP contribution is 2.38. The lowest BCUT2D eigenvalue weighted by Gasteiger charge is -2.18. The molecular formula is C25H26N4O3. The maximum absolute atomic E-state index is 11.7. The van der Waals surface area contributed by atoms with E-state index in [1.54, 1.807) is 19.1 Å². The number of carbonyl (C=O) groups is 1. The molecule has 0 amide bonds. The van der Waals surface area contributed by atoms with Crippen LogP contribution in [0, 0.1) is 11.3 Å². The van der Waals surface area contributed by atoms with E-state index in [-0.39, 0.29) is 24.0 Å². The highest BCUT2D eigenvalue weighted by Gasteiger charge is 2.28. The Labute approximate surface area is 187 Å². The van der Waals surface area contributed by atoms with Crippen molar-refractivity contribution >= 4 is 5.78 Å². The van der Waals surface area contributed by atoms with Gasteiger partial charge in [0.15, 0.2) is 0 Å². The number of hydrogen-bond acceptors (Lipinski definition) is 7. The van der Waals surface area contributed by atoms with Gasteiger partial charge in [0.05, 0.1) is 17.7 Å². The van der Waals surface area contributed by atoms with E-state index in [1.807, 2.05) is 39.0 Å². The maximum atomic E-state index is 11.7. The van der Waals surface area contributed by atoms with E-state index >= 15 is 0 Å². The number of rotatable bonds is 7. The molecule has 0 spiro atoms. The Bertz CT molecular complexity index is 1190. The monoisotopic (exact) mass is 430 g/mol. The van der Waals surface area contributed by atoms with Gasteiger partial charge in [0.2, 0.25) is 5.82 Å². The van der Waals surface area contributed by atoms with Gasteiger partial charge in [-0.25, -0.2) is 0 Å². The Balaban J connectivity index is 1.62. The number of nitrogens with one attached hydrogen (secondary N) is 1. The Morgan fingerprint density at radius 2 is 2.09 bits per heavy atom. The second-order valence-electron chi connectivity index (χ2n) is 8.38. The van der Waals surface area contributed by atoms with Crippen LogP contribution in [0.1, 0.15) is 56.8 Å². The fourth-order valence-corrected chi connectivity index (χ4v) is 4.01. The number of nitriles is 1. The van der Waals surface area contributed by atoms with Crippen LogP contribution in [0.25, 0.3) is 22.8 Å². The van der Waals surface area contributed by atoms with Gasteiger partial charge in [-0.15, -0.1) is 0 Å². The van der Waals surface area contributed by atoms with Gasteiger partial charge < -0.3 is 14.6 Å². The summed E-state index contributed by atoms with van der Waals surface area (Å²) in [5.41, 5.74) is 4.36. The summed E-state index contributed by atoms with van der Waals surface area (Å²) in [6.07, 6.45) is 1.76. The van der Waals surface area contributed by atoms with Crippen LogP contribution < -0.4 is 10.1 Å². The number of Topliss-reactive ketones (excluding diaryl/α,β-unsaturated/α-hetero) is 1. The van der Waals surface area contributed by atoms with Gasteiger partial charge in [-0.1, -0.05) is 23.4 Å². The molecule has 1 aliphatic rings. The predicted octanol–water partition coefficient (Wildman–Crippen LogP) is 4.62. The number of hydrogen-bond donors (Lipinski definition) is 1. The zero-order valence-electron chi connectivity index (χ0n) is 18.7. The summed E-state index contributed by atoms with van der Waals surface area (Å²) >= 11 is 0. The molecule has 0 aliphatic heterocycles.